The van der Waals surface area contributed by atoms with Crippen molar-refractivity contribution in [1.82, 2.24) is 5.32 Å². The van der Waals surface area contributed by atoms with Crippen molar-refractivity contribution in [2.45, 2.75) is 36.6 Å². The quantitative estimate of drug-likeness (QED) is 0.390. The number of carbonyl (C=O) groups is 1. The minimum absolute atomic E-state index is 0.137. The maximum Gasteiger partial charge on any atom is 0.264 e. The number of sulfonamides is 1. The van der Waals surface area contributed by atoms with E-state index in [0.717, 1.165) is 26.1 Å². The predicted octanol–water partition coefficient (Wildman–Crippen LogP) is 5.19. The first-order valence-electron chi connectivity index (χ1n) is 11.0. The summed E-state index contributed by atoms with van der Waals surface area (Å²) in [7, 11) is -3.95. The van der Waals surface area contributed by atoms with Gasteiger partial charge in [0.2, 0.25) is 5.91 Å². The van der Waals surface area contributed by atoms with Crippen LogP contribution < -0.4 is 14.4 Å². The van der Waals surface area contributed by atoms with Gasteiger partial charge >= 0.3 is 0 Å². The van der Waals surface area contributed by atoms with Crippen molar-refractivity contribution in [3.8, 4) is 5.75 Å². The topological polar surface area (TPSA) is 75.7 Å². The molecule has 34 heavy (non-hydrogen) atoms. The van der Waals surface area contributed by atoms with E-state index in [4.69, 9.17) is 4.74 Å². The zero-order valence-electron chi connectivity index (χ0n) is 19.8. The Bertz CT molecular complexity index is 1190. The summed E-state index contributed by atoms with van der Waals surface area (Å²) in [4.78, 5) is 14.1. The maximum absolute atomic E-state index is 13.5. The number of thioether (sulfide) groups is 1. The lowest BCUT2D eigenvalue weighted by Crippen LogP contribution is -2.41. The lowest BCUT2D eigenvalue weighted by atomic mass is 10.1. The number of carbonyl (C=O) groups excluding carboxylic acids is 1. The van der Waals surface area contributed by atoms with E-state index in [1.165, 1.54) is 11.8 Å². The summed E-state index contributed by atoms with van der Waals surface area (Å²) >= 11 is 1.53. The minimum Gasteiger partial charge on any atom is -0.494 e. The highest BCUT2D eigenvalue weighted by Gasteiger charge is 2.27. The molecule has 1 atom stereocenters. The summed E-state index contributed by atoms with van der Waals surface area (Å²) in [5.74, 6) is 0.361. The molecule has 180 valence electrons. The van der Waals surface area contributed by atoms with Crippen LogP contribution in [0.3, 0.4) is 0 Å². The van der Waals surface area contributed by atoms with Crippen molar-refractivity contribution < 1.29 is 17.9 Å². The van der Waals surface area contributed by atoms with Crippen molar-refractivity contribution in [1.29, 1.82) is 0 Å². The number of nitrogens with zero attached hydrogens (tertiary/aromatic N) is 1. The summed E-state index contributed by atoms with van der Waals surface area (Å²) in [6.07, 6.45) is 1.93. The monoisotopic (exact) mass is 498 g/mol. The van der Waals surface area contributed by atoms with E-state index in [1.54, 1.807) is 36.4 Å². The molecule has 6 nitrogen and oxygen atoms in total. The molecule has 1 N–H and O–H groups in total. The standard InChI is InChI=1S/C26H30N2O4S2/c1-5-32-23-12-8-21(9-13-23)20(3)27-26(29)18-28(22-10-6-19(2)7-11-22)34(30,31)25-16-14-24(33-4)15-17-25/h6-17,20H,5,18H2,1-4H3,(H,27,29). The van der Waals surface area contributed by atoms with Crippen LogP contribution in [0.1, 0.15) is 31.0 Å². The van der Waals surface area contributed by atoms with E-state index in [2.05, 4.69) is 5.32 Å². The second-order valence-electron chi connectivity index (χ2n) is 7.81. The summed E-state index contributed by atoms with van der Waals surface area (Å²) in [6, 6.07) is 20.9. The Kier molecular flexibility index (Phi) is 8.63. The average Bonchev–Trinajstić information content (AvgIpc) is 2.84. The first kappa shape index (κ1) is 25.6. The van der Waals surface area contributed by atoms with Gasteiger partial charge in [0, 0.05) is 4.90 Å². The first-order valence-corrected chi connectivity index (χ1v) is 13.7. The predicted molar refractivity (Wildman–Crippen MR) is 138 cm³/mol. The molecule has 3 rings (SSSR count). The molecule has 8 heteroatoms. The van der Waals surface area contributed by atoms with Gasteiger partial charge < -0.3 is 10.1 Å². The van der Waals surface area contributed by atoms with Gasteiger partial charge in [-0.3, -0.25) is 9.10 Å². The second kappa shape index (κ2) is 11.4. The van der Waals surface area contributed by atoms with Gasteiger partial charge in [0.05, 0.1) is 23.2 Å². The van der Waals surface area contributed by atoms with Crippen LogP contribution in [0.2, 0.25) is 0 Å². The van der Waals surface area contributed by atoms with E-state index in [1.807, 2.05) is 63.4 Å². The highest BCUT2D eigenvalue weighted by atomic mass is 32.2. The van der Waals surface area contributed by atoms with Crippen molar-refractivity contribution in [3.05, 3.63) is 83.9 Å². The fourth-order valence-corrected chi connectivity index (χ4v) is 5.25. The summed E-state index contributed by atoms with van der Waals surface area (Å²) in [5.41, 5.74) is 2.33. The Labute approximate surface area is 206 Å². The molecule has 1 unspecified atom stereocenters. The molecule has 0 aliphatic heterocycles. The minimum atomic E-state index is -3.95. The van der Waals surface area contributed by atoms with Crippen LogP contribution in [0.5, 0.6) is 5.75 Å². The highest BCUT2D eigenvalue weighted by molar-refractivity contribution is 7.98. The maximum atomic E-state index is 13.5. The number of hydrogen-bond acceptors (Lipinski definition) is 5. The molecule has 3 aromatic carbocycles. The lowest BCUT2D eigenvalue weighted by Gasteiger charge is -2.25. The fourth-order valence-electron chi connectivity index (χ4n) is 3.42. The summed E-state index contributed by atoms with van der Waals surface area (Å²) in [5, 5.41) is 2.91. The van der Waals surface area contributed by atoms with Gasteiger partial charge in [-0.15, -0.1) is 11.8 Å². The molecular formula is C26H30N2O4S2. The third-order valence-electron chi connectivity index (χ3n) is 5.33. The Hall–Kier alpha value is -2.97. The van der Waals surface area contributed by atoms with Gasteiger partial charge in [0.25, 0.3) is 10.0 Å². The van der Waals surface area contributed by atoms with Gasteiger partial charge in [0.15, 0.2) is 0 Å². The van der Waals surface area contributed by atoms with E-state index in [0.29, 0.717) is 12.3 Å². The van der Waals surface area contributed by atoms with E-state index in [-0.39, 0.29) is 17.5 Å². The van der Waals surface area contributed by atoms with Gasteiger partial charge in [-0.05, 0) is 81.1 Å². The van der Waals surface area contributed by atoms with Crippen molar-refractivity contribution in [2.24, 2.45) is 0 Å². The number of rotatable bonds is 10. The largest absolute Gasteiger partial charge is 0.494 e. The zero-order valence-corrected chi connectivity index (χ0v) is 21.4. The molecule has 0 spiro atoms. The van der Waals surface area contributed by atoms with Gasteiger partial charge in [-0.1, -0.05) is 29.8 Å². The molecule has 1 amide bonds. The number of benzene rings is 3. The van der Waals surface area contributed by atoms with E-state index >= 15 is 0 Å². The normalized spacial score (nSPS) is 12.1. The van der Waals surface area contributed by atoms with E-state index in [9.17, 15) is 13.2 Å². The Morgan fingerprint density at radius 3 is 2.18 bits per heavy atom. The van der Waals surface area contributed by atoms with Crippen LogP contribution in [0.4, 0.5) is 5.69 Å². The zero-order chi connectivity index (χ0) is 24.7. The lowest BCUT2D eigenvalue weighted by molar-refractivity contribution is -0.120. The number of ether oxygens (including phenoxy) is 1. The summed E-state index contributed by atoms with van der Waals surface area (Å²) in [6.45, 7) is 5.95. The van der Waals surface area contributed by atoms with Crippen LogP contribution in [-0.2, 0) is 14.8 Å². The third-order valence-corrected chi connectivity index (χ3v) is 7.86. The molecule has 0 radical (unpaired) electrons. The Morgan fingerprint density at radius 2 is 1.62 bits per heavy atom. The molecule has 0 aliphatic carbocycles. The van der Waals surface area contributed by atoms with Crippen LogP contribution in [0.25, 0.3) is 0 Å². The van der Waals surface area contributed by atoms with Crippen LogP contribution >= 0.6 is 11.8 Å². The molecule has 0 heterocycles. The number of nitrogens with one attached hydrogen (secondary N) is 1. The number of amides is 1. The van der Waals surface area contributed by atoms with Crippen LogP contribution in [0, 0.1) is 6.92 Å². The molecule has 0 bridgehead atoms. The molecule has 0 fully saturated rings. The number of aryl methyl sites for hydroxylation is 1. The van der Waals surface area contributed by atoms with Crippen molar-refractivity contribution in [2.75, 3.05) is 23.7 Å². The Morgan fingerprint density at radius 1 is 1.00 bits per heavy atom. The molecule has 0 saturated heterocycles. The average molecular weight is 499 g/mol. The second-order valence-corrected chi connectivity index (χ2v) is 10.6. The SMILES string of the molecule is CCOc1ccc(C(C)NC(=O)CN(c2ccc(C)cc2)S(=O)(=O)c2ccc(SC)cc2)cc1. The molecule has 0 saturated carbocycles. The highest BCUT2D eigenvalue weighted by Crippen LogP contribution is 2.26. The molecule has 3 aromatic rings. The number of anilines is 1. The molecular weight excluding hydrogens is 468 g/mol. The summed E-state index contributed by atoms with van der Waals surface area (Å²) < 4.78 is 33.7. The smallest absolute Gasteiger partial charge is 0.264 e. The van der Waals surface area contributed by atoms with Gasteiger partial charge in [-0.25, -0.2) is 8.42 Å². The Balaban J connectivity index is 1.83. The van der Waals surface area contributed by atoms with Crippen molar-refractivity contribution >= 4 is 33.4 Å². The van der Waals surface area contributed by atoms with Crippen molar-refractivity contribution in [3.63, 3.8) is 0 Å². The van der Waals surface area contributed by atoms with Gasteiger partial charge in [-0.2, -0.15) is 0 Å². The molecule has 0 aromatic heterocycles. The first-order chi connectivity index (χ1) is 16.2. The fraction of sp³-hybridized carbons (Fsp3) is 0.269. The number of hydrogen-bond donors (Lipinski definition) is 1. The van der Waals surface area contributed by atoms with Crippen LogP contribution in [-0.4, -0.2) is 33.7 Å². The molecule has 0 aliphatic rings. The van der Waals surface area contributed by atoms with E-state index < -0.39 is 15.9 Å². The van der Waals surface area contributed by atoms with Gasteiger partial charge in [0.1, 0.15) is 12.3 Å². The third kappa shape index (κ3) is 6.33. The van der Waals surface area contributed by atoms with Crippen LogP contribution in [0.15, 0.2) is 82.6 Å².